The average molecular weight is 532 g/mol. The highest BCUT2D eigenvalue weighted by Gasteiger charge is 2.42. The van der Waals surface area contributed by atoms with Gasteiger partial charge in [-0.05, 0) is 111 Å². The van der Waals surface area contributed by atoms with Crippen molar-refractivity contribution >= 4 is 23.0 Å². The van der Waals surface area contributed by atoms with Gasteiger partial charge in [0.1, 0.15) is 17.3 Å². The minimum Gasteiger partial charge on any atom is -0.457 e. The van der Waals surface area contributed by atoms with Gasteiger partial charge in [-0.1, -0.05) is 24.3 Å². The molecule has 0 bridgehead atoms. The summed E-state index contributed by atoms with van der Waals surface area (Å²) < 4.78 is 8.25. The van der Waals surface area contributed by atoms with Crippen LogP contribution in [0.15, 0.2) is 103 Å². The first-order chi connectivity index (χ1) is 19.0. The third kappa shape index (κ3) is 4.77. The molecule has 1 aliphatic heterocycles. The molecule has 2 aromatic carbocycles. The van der Waals surface area contributed by atoms with E-state index in [0.29, 0.717) is 5.11 Å². The Bertz CT molecular complexity index is 1620. The number of ether oxygens (including phenoxy) is 1. The van der Waals surface area contributed by atoms with E-state index in [9.17, 15) is 0 Å². The molecular formula is C32H29N5OS. The molecule has 3 aromatic heterocycles. The van der Waals surface area contributed by atoms with E-state index in [1.165, 1.54) is 11.1 Å². The van der Waals surface area contributed by atoms with E-state index >= 15 is 0 Å². The predicted octanol–water partition coefficient (Wildman–Crippen LogP) is 7.16. The summed E-state index contributed by atoms with van der Waals surface area (Å²) in [6.45, 7) is 6.36. The molecule has 1 fully saturated rings. The predicted molar refractivity (Wildman–Crippen MR) is 159 cm³/mol. The van der Waals surface area contributed by atoms with Crippen LogP contribution in [-0.4, -0.2) is 19.6 Å². The molecule has 6 rings (SSSR count). The van der Waals surface area contributed by atoms with Crippen molar-refractivity contribution in [2.45, 2.75) is 32.9 Å². The number of thiocarbonyl (C=S) groups is 1. The molecule has 39 heavy (non-hydrogen) atoms. The second-order valence-corrected chi connectivity index (χ2v) is 10.1. The number of benzene rings is 2. The fourth-order valence-corrected chi connectivity index (χ4v) is 5.68. The number of nitrogens with one attached hydrogen (secondary N) is 1. The highest BCUT2D eigenvalue weighted by Crippen LogP contribution is 2.44. The fraction of sp³-hybridized carbons (Fsp3) is 0.156. The molecule has 0 unspecified atom stereocenters. The molecule has 2 atom stereocenters. The van der Waals surface area contributed by atoms with Gasteiger partial charge in [0.05, 0.1) is 17.8 Å². The molecule has 0 aliphatic carbocycles. The van der Waals surface area contributed by atoms with Gasteiger partial charge >= 0.3 is 0 Å². The SMILES string of the molecule is Cc1ccnc(-n2c(C)cc([C@H]3[C@@H](c4ccccn4)NC(=S)N3c3ccc(Oc4ccccc4)cc3)c2C)c1. The zero-order valence-corrected chi connectivity index (χ0v) is 22.9. The van der Waals surface area contributed by atoms with Crippen LogP contribution in [-0.2, 0) is 0 Å². The van der Waals surface area contributed by atoms with E-state index in [4.69, 9.17) is 21.9 Å². The van der Waals surface area contributed by atoms with Gasteiger partial charge < -0.3 is 19.5 Å². The molecule has 0 spiro atoms. The van der Waals surface area contributed by atoms with Crippen LogP contribution in [0.1, 0.15) is 40.3 Å². The topological polar surface area (TPSA) is 55.2 Å². The van der Waals surface area contributed by atoms with E-state index in [1.54, 1.807) is 0 Å². The van der Waals surface area contributed by atoms with Gasteiger partial charge in [-0.3, -0.25) is 4.98 Å². The van der Waals surface area contributed by atoms with Gasteiger partial charge in [-0.25, -0.2) is 4.98 Å². The Morgan fingerprint density at radius 3 is 2.26 bits per heavy atom. The molecule has 0 amide bonds. The summed E-state index contributed by atoms with van der Waals surface area (Å²) in [7, 11) is 0. The average Bonchev–Trinajstić information content (AvgIpc) is 3.45. The molecule has 1 N–H and O–H groups in total. The van der Waals surface area contributed by atoms with E-state index < -0.39 is 0 Å². The Balaban J connectivity index is 1.42. The van der Waals surface area contributed by atoms with Gasteiger partial charge in [0.2, 0.25) is 0 Å². The molecule has 7 heteroatoms. The third-order valence-corrected chi connectivity index (χ3v) is 7.43. The van der Waals surface area contributed by atoms with Crippen molar-refractivity contribution in [2.24, 2.45) is 0 Å². The number of hydrogen-bond acceptors (Lipinski definition) is 4. The van der Waals surface area contributed by atoms with Crippen molar-refractivity contribution in [3.63, 3.8) is 0 Å². The number of hydrogen-bond donors (Lipinski definition) is 1. The summed E-state index contributed by atoms with van der Waals surface area (Å²) in [4.78, 5) is 11.6. The van der Waals surface area contributed by atoms with Crippen LogP contribution in [0.2, 0.25) is 0 Å². The molecule has 6 nitrogen and oxygen atoms in total. The second-order valence-electron chi connectivity index (χ2n) is 9.76. The molecule has 0 saturated carbocycles. The van der Waals surface area contributed by atoms with E-state index in [2.05, 4.69) is 70.9 Å². The van der Waals surface area contributed by atoms with E-state index in [0.717, 1.165) is 40.1 Å². The van der Waals surface area contributed by atoms with Crippen molar-refractivity contribution in [1.82, 2.24) is 19.9 Å². The van der Waals surface area contributed by atoms with Crippen LogP contribution in [0.3, 0.4) is 0 Å². The maximum atomic E-state index is 6.03. The Morgan fingerprint density at radius 2 is 1.54 bits per heavy atom. The summed E-state index contributed by atoms with van der Waals surface area (Å²) in [6, 6.07) is 30.0. The second kappa shape index (κ2) is 10.3. The maximum absolute atomic E-state index is 6.03. The minimum absolute atomic E-state index is 0.113. The van der Waals surface area contributed by atoms with Crippen molar-refractivity contribution < 1.29 is 4.74 Å². The van der Waals surface area contributed by atoms with Crippen molar-refractivity contribution in [3.8, 4) is 17.3 Å². The van der Waals surface area contributed by atoms with Crippen molar-refractivity contribution in [1.29, 1.82) is 0 Å². The van der Waals surface area contributed by atoms with Gasteiger partial charge in [0, 0.05) is 29.5 Å². The lowest BCUT2D eigenvalue weighted by atomic mass is 9.96. The largest absolute Gasteiger partial charge is 0.457 e. The summed E-state index contributed by atoms with van der Waals surface area (Å²) >= 11 is 5.94. The summed E-state index contributed by atoms with van der Waals surface area (Å²) in [6.07, 6.45) is 3.69. The highest BCUT2D eigenvalue weighted by molar-refractivity contribution is 7.80. The molecule has 1 aliphatic rings. The minimum atomic E-state index is -0.127. The molecule has 194 valence electrons. The van der Waals surface area contributed by atoms with Crippen molar-refractivity contribution in [2.75, 3.05) is 4.90 Å². The first kappa shape index (κ1) is 24.8. The lowest BCUT2D eigenvalue weighted by molar-refractivity contribution is 0.482. The first-order valence-corrected chi connectivity index (χ1v) is 13.4. The van der Waals surface area contributed by atoms with Gasteiger partial charge in [-0.2, -0.15) is 0 Å². The molecule has 0 radical (unpaired) electrons. The zero-order chi connectivity index (χ0) is 26.9. The van der Waals surface area contributed by atoms with Crippen LogP contribution >= 0.6 is 12.2 Å². The van der Waals surface area contributed by atoms with Crippen LogP contribution < -0.4 is 15.0 Å². The number of rotatable bonds is 6. The van der Waals surface area contributed by atoms with Gasteiger partial charge in [-0.15, -0.1) is 0 Å². The first-order valence-electron chi connectivity index (χ1n) is 12.9. The van der Waals surface area contributed by atoms with Crippen LogP contribution in [0.4, 0.5) is 5.69 Å². The number of pyridine rings is 2. The van der Waals surface area contributed by atoms with E-state index in [1.807, 2.05) is 73.1 Å². The lowest BCUT2D eigenvalue weighted by Crippen LogP contribution is -2.29. The molecule has 4 heterocycles. The fourth-order valence-electron chi connectivity index (χ4n) is 5.33. The van der Waals surface area contributed by atoms with E-state index in [-0.39, 0.29) is 12.1 Å². The van der Waals surface area contributed by atoms with Gasteiger partial charge in [0.25, 0.3) is 0 Å². The lowest BCUT2D eigenvalue weighted by Gasteiger charge is -2.28. The number of para-hydroxylation sites is 1. The summed E-state index contributed by atoms with van der Waals surface area (Å²) in [5.74, 6) is 2.48. The van der Waals surface area contributed by atoms with Crippen LogP contribution in [0.25, 0.3) is 5.82 Å². The monoisotopic (exact) mass is 531 g/mol. The molecule has 5 aromatic rings. The number of aryl methyl sites for hydroxylation is 2. The Kier molecular flexibility index (Phi) is 6.59. The maximum Gasteiger partial charge on any atom is 0.174 e. The Morgan fingerprint density at radius 1 is 0.795 bits per heavy atom. The Hall–Kier alpha value is -4.49. The molecule has 1 saturated heterocycles. The van der Waals surface area contributed by atoms with Crippen molar-refractivity contribution in [3.05, 3.63) is 132 Å². The standard InChI is InChI=1S/C32H29N5OS/c1-21-16-18-34-29(19-21)36-22(2)20-27(23(36)3)31-30(28-11-7-8-17-33-28)35-32(39)37(31)24-12-14-26(15-13-24)38-25-9-5-4-6-10-25/h4-20,30-31H,1-3H3,(H,35,39)/t30-,31+/m1/s1. The molecular weight excluding hydrogens is 502 g/mol. The number of nitrogens with zero attached hydrogens (tertiary/aromatic N) is 4. The Labute approximate surface area is 233 Å². The quantitative estimate of drug-likeness (QED) is 0.235. The summed E-state index contributed by atoms with van der Waals surface area (Å²) in [5, 5.41) is 4.22. The highest BCUT2D eigenvalue weighted by atomic mass is 32.1. The third-order valence-electron chi connectivity index (χ3n) is 7.11. The zero-order valence-electron chi connectivity index (χ0n) is 22.1. The number of anilines is 1. The normalized spacial score (nSPS) is 16.8. The summed E-state index contributed by atoms with van der Waals surface area (Å²) in [5.41, 5.74) is 6.50. The van der Waals surface area contributed by atoms with Crippen LogP contribution in [0, 0.1) is 20.8 Å². The smallest absolute Gasteiger partial charge is 0.174 e. The number of aromatic nitrogens is 3. The van der Waals surface area contributed by atoms with Gasteiger partial charge in [0.15, 0.2) is 5.11 Å². The van der Waals surface area contributed by atoms with Crippen LogP contribution in [0.5, 0.6) is 11.5 Å².